The predicted molar refractivity (Wildman–Crippen MR) is 180 cm³/mol. The fourth-order valence-electron chi connectivity index (χ4n) is 5.57. The van der Waals surface area contributed by atoms with Crippen molar-refractivity contribution >= 4 is 23.9 Å². The van der Waals surface area contributed by atoms with Crippen molar-refractivity contribution in [1.82, 2.24) is 0 Å². The third-order valence-electron chi connectivity index (χ3n) is 8.22. The Hall–Kier alpha value is -4.94. The first-order chi connectivity index (χ1) is 23.8. The van der Waals surface area contributed by atoms with Gasteiger partial charge in [0.25, 0.3) is 0 Å². The fourth-order valence-corrected chi connectivity index (χ4v) is 5.57. The first kappa shape index (κ1) is 37.9. The third kappa shape index (κ3) is 10.5. The van der Waals surface area contributed by atoms with Gasteiger partial charge in [-0.15, -0.1) is 0 Å². The van der Waals surface area contributed by atoms with E-state index in [9.17, 15) is 19.2 Å². The molecule has 5 unspecified atom stereocenters. The van der Waals surface area contributed by atoms with E-state index >= 15 is 0 Å². The number of fused-ring (bicyclic) bond motifs is 1. The Labute approximate surface area is 291 Å². The number of esters is 4. The van der Waals surface area contributed by atoms with E-state index in [2.05, 4.69) is 19.7 Å². The molecule has 5 atom stereocenters. The Balaban J connectivity index is 0.000000174. The minimum atomic E-state index is -0.467. The monoisotopic (exact) mass is 692 g/mol. The molecule has 1 N–H and O–H groups in total. The lowest BCUT2D eigenvalue weighted by atomic mass is 9.88. The Kier molecular flexibility index (Phi) is 13.4. The van der Waals surface area contributed by atoms with Crippen molar-refractivity contribution in [1.29, 1.82) is 0 Å². The third-order valence-corrected chi connectivity index (χ3v) is 8.22. The molecule has 1 saturated carbocycles. The number of carbonyl (C=O) groups is 4. The number of rotatable bonds is 10. The second-order valence-electron chi connectivity index (χ2n) is 12.5. The molecule has 268 valence electrons. The molecule has 2 bridgehead atoms. The van der Waals surface area contributed by atoms with Crippen LogP contribution in [0, 0.1) is 5.92 Å². The zero-order chi connectivity index (χ0) is 36.4. The molecule has 0 aromatic heterocycles. The molecule has 4 fully saturated rings. The number of phenols is 1. The van der Waals surface area contributed by atoms with Gasteiger partial charge in [-0.1, -0.05) is 45.1 Å². The van der Waals surface area contributed by atoms with Crippen molar-refractivity contribution in [3.63, 3.8) is 0 Å². The van der Waals surface area contributed by atoms with Gasteiger partial charge in [0, 0.05) is 22.8 Å². The second kappa shape index (κ2) is 17.6. The molecule has 4 aliphatic rings. The minimum absolute atomic E-state index is 0.134. The molecule has 12 heteroatoms. The molecular weight excluding hydrogens is 648 g/mol. The van der Waals surface area contributed by atoms with Crippen LogP contribution in [0.2, 0.25) is 0 Å². The van der Waals surface area contributed by atoms with Crippen molar-refractivity contribution in [3.05, 3.63) is 85.0 Å². The highest BCUT2D eigenvalue weighted by molar-refractivity contribution is 5.89. The maximum atomic E-state index is 11.5. The highest BCUT2D eigenvalue weighted by Crippen LogP contribution is 2.47. The van der Waals surface area contributed by atoms with Crippen LogP contribution in [0.3, 0.4) is 0 Å². The average Bonchev–Trinajstić information content (AvgIpc) is 3.72. The van der Waals surface area contributed by atoms with Crippen LogP contribution in [0.1, 0.15) is 59.3 Å². The Morgan fingerprint density at radius 2 is 1.40 bits per heavy atom. The maximum absolute atomic E-state index is 11.5. The fraction of sp³-hybridized carbons (Fsp3) is 0.421. The van der Waals surface area contributed by atoms with E-state index < -0.39 is 30.1 Å². The summed E-state index contributed by atoms with van der Waals surface area (Å²) in [6, 6.07) is 12.9. The molecule has 0 amide bonds. The number of phenolic OH excluding ortho intramolecular Hbond substituents is 1. The summed E-state index contributed by atoms with van der Waals surface area (Å²) in [5, 5.41) is 8.94. The molecule has 2 aromatic rings. The lowest BCUT2D eigenvalue weighted by molar-refractivity contribution is -0.157. The molecule has 3 aliphatic heterocycles. The Bertz CT molecular complexity index is 1570. The van der Waals surface area contributed by atoms with E-state index in [1.807, 2.05) is 6.07 Å². The standard InChI is InChI=1S/C17H22O4.C11H12O5.C10H10O3/c1-13(2)17(18)21-16-10-6-9-15(11-16)20-12-19-14-7-4-3-5-8-14;1-4(2)10(12)15-8-6-3-5-7(14-6)9(8)16-11(5)13;1-7(2)10(12)13-9-5-3-8(11)4-6-9/h6,9-11,14H,1,3-5,7-8,12H2,2H3;5-9H,1,3H2,2H3;3-6,11H,1H2,2H3. The summed E-state index contributed by atoms with van der Waals surface area (Å²) in [5.74, 6) is -0.157. The lowest BCUT2D eigenvalue weighted by Gasteiger charge is -2.22. The first-order valence-electron chi connectivity index (χ1n) is 16.4. The van der Waals surface area contributed by atoms with Gasteiger partial charge in [0.1, 0.15) is 29.1 Å². The van der Waals surface area contributed by atoms with Gasteiger partial charge in [-0.2, -0.15) is 0 Å². The van der Waals surface area contributed by atoms with E-state index in [1.54, 1.807) is 39.0 Å². The summed E-state index contributed by atoms with van der Waals surface area (Å²) in [6.45, 7) is 15.5. The van der Waals surface area contributed by atoms with E-state index in [1.165, 1.54) is 43.5 Å². The van der Waals surface area contributed by atoms with Gasteiger partial charge in [-0.05, 0) is 76.4 Å². The lowest BCUT2D eigenvalue weighted by Crippen LogP contribution is -2.40. The molecule has 0 radical (unpaired) electrons. The van der Waals surface area contributed by atoms with Crippen LogP contribution in [-0.4, -0.2) is 66.3 Å². The van der Waals surface area contributed by atoms with E-state index in [0.29, 0.717) is 46.5 Å². The Morgan fingerprint density at radius 3 is 2.02 bits per heavy atom. The van der Waals surface area contributed by atoms with Crippen molar-refractivity contribution in [2.45, 2.75) is 89.8 Å². The first-order valence-corrected chi connectivity index (χ1v) is 16.4. The summed E-state index contributed by atoms with van der Waals surface area (Å²) in [5.41, 5.74) is 1.04. The summed E-state index contributed by atoms with van der Waals surface area (Å²) in [7, 11) is 0. The zero-order valence-corrected chi connectivity index (χ0v) is 28.6. The van der Waals surface area contributed by atoms with Gasteiger partial charge in [0.15, 0.2) is 19.0 Å². The summed E-state index contributed by atoms with van der Waals surface area (Å²) >= 11 is 0. The van der Waals surface area contributed by atoms with Crippen LogP contribution >= 0.6 is 0 Å². The molecular formula is C38H44O12. The molecule has 1 aliphatic carbocycles. The van der Waals surface area contributed by atoms with Gasteiger partial charge >= 0.3 is 23.9 Å². The van der Waals surface area contributed by atoms with E-state index in [4.69, 9.17) is 38.3 Å². The number of aromatic hydroxyl groups is 1. The highest BCUT2D eigenvalue weighted by Gasteiger charge is 2.65. The minimum Gasteiger partial charge on any atom is -0.508 e. The van der Waals surface area contributed by atoms with Crippen LogP contribution in [0.5, 0.6) is 23.0 Å². The molecule has 12 nitrogen and oxygen atoms in total. The van der Waals surface area contributed by atoms with Gasteiger partial charge < -0.3 is 38.3 Å². The van der Waals surface area contributed by atoms with Crippen LogP contribution in [0.4, 0.5) is 0 Å². The largest absolute Gasteiger partial charge is 0.508 e. The van der Waals surface area contributed by atoms with Gasteiger partial charge in [-0.3, -0.25) is 4.79 Å². The zero-order valence-electron chi connectivity index (χ0n) is 28.6. The molecule has 50 heavy (non-hydrogen) atoms. The number of hydrogen-bond donors (Lipinski definition) is 1. The van der Waals surface area contributed by atoms with Crippen molar-refractivity contribution in [2.24, 2.45) is 5.92 Å². The average molecular weight is 693 g/mol. The molecule has 0 spiro atoms. The summed E-state index contributed by atoms with van der Waals surface area (Å²) < 4.78 is 37.3. The van der Waals surface area contributed by atoms with Gasteiger partial charge in [-0.25, -0.2) is 14.4 Å². The Morgan fingerprint density at radius 1 is 0.800 bits per heavy atom. The van der Waals surface area contributed by atoms with Gasteiger partial charge in [0.05, 0.1) is 18.1 Å². The normalized spacial score (nSPS) is 22.8. The highest BCUT2D eigenvalue weighted by atomic mass is 16.7. The molecule has 2 aromatic carbocycles. The summed E-state index contributed by atoms with van der Waals surface area (Å²) in [6.07, 6.45) is 5.59. The van der Waals surface area contributed by atoms with Crippen LogP contribution in [0.15, 0.2) is 85.0 Å². The van der Waals surface area contributed by atoms with Crippen molar-refractivity contribution in [2.75, 3.05) is 6.79 Å². The predicted octanol–water partition coefficient (Wildman–Crippen LogP) is 5.91. The second-order valence-corrected chi connectivity index (χ2v) is 12.5. The number of hydrogen-bond acceptors (Lipinski definition) is 12. The number of benzene rings is 2. The molecule has 6 rings (SSSR count). The maximum Gasteiger partial charge on any atom is 0.338 e. The smallest absolute Gasteiger partial charge is 0.338 e. The van der Waals surface area contributed by atoms with E-state index in [-0.39, 0.29) is 36.6 Å². The van der Waals surface area contributed by atoms with Crippen LogP contribution in [0.25, 0.3) is 0 Å². The topological polar surface area (TPSA) is 153 Å². The quantitative estimate of drug-likeness (QED) is 0.136. The number of ether oxygens (including phenoxy) is 7. The van der Waals surface area contributed by atoms with Crippen molar-refractivity contribution in [3.8, 4) is 23.0 Å². The molecule has 3 heterocycles. The van der Waals surface area contributed by atoms with Gasteiger partial charge in [0.2, 0.25) is 0 Å². The van der Waals surface area contributed by atoms with Crippen LogP contribution in [-0.2, 0) is 38.1 Å². The SMILES string of the molecule is C=C(C)C(=O)OC1C2CC3C(=O)OC1C3O2.C=C(C)C(=O)Oc1ccc(O)cc1.C=C(C)C(=O)Oc1cccc(OCOC2CCCCC2)c1. The summed E-state index contributed by atoms with van der Waals surface area (Å²) in [4.78, 5) is 45.3. The van der Waals surface area contributed by atoms with Crippen molar-refractivity contribution < 1.29 is 57.4 Å². The van der Waals surface area contributed by atoms with E-state index in [0.717, 1.165) is 12.8 Å². The van der Waals surface area contributed by atoms with Crippen LogP contribution < -0.4 is 14.2 Å². The molecule has 3 saturated heterocycles. The number of carbonyl (C=O) groups excluding carboxylic acids is 4.